The van der Waals surface area contributed by atoms with Gasteiger partial charge in [0.25, 0.3) is 5.91 Å². The van der Waals surface area contributed by atoms with Crippen LogP contribution in [0.5, 0.6) is 0 Å². The summed E-state index contributed by atoms with van der Waals surface area (Å²) in [5.74, 6) is -0.569. The van der Waals surface area contributed by atoms with Crippen LogP contribution in [0.2, 0.25) is 0 Å². The quantitative estimate of drug-likeness (QED) is 0.707. The molecule has 2 aliphatic rings. The molecule has 6 nitrogen and oxygen atoms in total. The minimum absolute atomic E-state index is 0.0523. The average Bonchev–Trinajstić information content (AvgIpc) is 2.79. The highest BCUT2D eigenvalue weighted by atomic mass is 16.5. The molecule has 0 radical (unpaired) electrons. The van der Waals surface area contributed by atoms with Crippen LogP contribution < -0.4 is 0 Å². The van der Waals surface area contributed by atoms with Gasteiger partial charge in [0, 0.05) is 24.5 Å². The third-order valence-corrected chi connectivity index (χ3v) is 6.27. The van der Waals surface area contributed by atoms with Crippen molar-refractivity contribution in [2.24, 2.45) is 0 Å². The molecule has 0 spiro atoms. The monoisotopic (exact) mass is 395 g/mol. The van der Waals surface area contributed by atoms with Crippen LogP contribution in [0.15, 0.2) is 30.6 Å². The zero-order valence-electron chi connectivity index (χ0n) is 16.9. The highest BCUT2D eigenvalue weighted by Crippen LogP contribution is 2.30. The molecular formula is C23H29N3O3. The fraction of sp³-hybridized carbons (Fsp3) is 0.565. The van der Waals surface area contributed by atoms with E-state index in [9.17, 15) is 9.59 Å². The maximum Gasteiger partial charge on any atom is 0.340 e. The third kappa shape index (κ3) is 4.57. The minimum Gasteiger partial charge on any atom is -0.452 e. The van der Waals surface area contributed by atoms with Gasteiger partial charge < -0.3 is 9.64 Å². The molecule has 2 saturated carbocycles. The molecule has 29 heavy (non-hydrogen) atoms. The van der Waals surface area contributed by atoms with Crippen LogP contribution in [0.1, 0.15) is 74.6 Å². The number of nitrogens with zero attached hydrogens (tertiary/aromatic N) is 3. The van der Waals surface area contributed by atoms with Crippen LogP contribution in [0.25, 0.3) is 11.0 Å². The van der Waals surface area contributed by atoms with Crippen molar-refractivity contribution in [2.45, 2.75) is 76.3 Å². The molecule has 0 saturated heterocycles. The Labute approximate surface area is 171 Å². The summed E-state index contributed by atoms with van der Waals surface area (Å²) < 4.78 is 5.46. The molecule has 1 aromatic heterocycles. The van der Waals surface area contributed by atoms with Crippen molar-refractivity contribution in [3.63, 3.8) is 0 Å². The maximum atomic E-state index is 13.2. The number of rotatable bonds is 5. The SMILES string of the molecule is O=C(OCC(=O)N(C1CCCCC1)C1CCCCC1)c1cccc2nccnc12. The minimum atomic E-state index is -0.517. The molecule has 0 N–H and O–H groups in total. The number of carbonyl (C=O) groups is 2. The Morgan fingerprint density at radius 1 is 0.897 bits per heavy atom. The number of carbonyl (C=O) groups excluding carboxylic acids is 2. The summed E-state index contributed by atoms with van der Waals surface area (Å²) in [6.07, 6.45) is 14.6. The van der Waals surface area contributed by atoms with Gasteiger partial charge in [-0.2, -0.15) is 0 Å². The summed E-state index contributed by atoms with van der Waals surface area (Å²) >= 11 is 0. The normalized spacial score (nSPS) is 18.5. The Morgan fingerprint density at radius 3 is 2.17 bits per heavy atom. The van der Waals surface area contributed by atoms with Gasteiger partial charge in [-0.1, -0.05) is 44.6 Å². The Bertz CT molecular complexity index is 834. The second-order valence-electron chi connectivity index (χ2n) is 8.19. The fourth-order valence-corrected chi connectivity index (χ4v) is 4.86. The lowest BCUT2D eigenvalue weighted by Crippen LogP contribution is -2.50. The number of ether oxygens (including phenoxy) is 1. The highest BCUT2D eigenvalue weighted by Gasteiger charge is 2.33. The number of aromatic nitrogens is 2. The van der Waals surface area contributed by atoms with E-state index in [1.165, 1.54) is 38.5 Å². The first kappa shape index (κ1) is 19.8. The first-order valence-electron chi connectivity index (χ1n) is 10.9. The molecule has 4 rings (SSSR count). The second kappa shape index (κ2) is 9.33. The summed E-state index contributed by atoms with van der Waals surface area (Å²) in [5, 5.41) is 0. The van der Waals surface area contributed by atoms with Gasteiger partial charge in [0.05, 0.1) is 11.1 Å². The van der Waals surface area contributed by atoms with Crippen molar-refractivity contribution >= 4 is 22.9 Å². The van der Waals surface area contributed by atoms with Crippen LogP contribution in [0, 0.1) is 0 Å². The Balaban J connectivity index is 1.46. The molecule has 0 atom stereocenters. The van der Waals surface area contributed by atoms with E-state index in [2.05, 4.69) is 14.9 Å². The molecular weight excluding hydrogens is 366 g/mol. The van der Waals surface area contributed by atoms with Crippen molar-refractivity contribution in [2.75, 3.05) is 6.61 Å². The predicted octanol–water partition coefficient (Wildman–Crippen LogP) is 4.28. The predicted molar refractivity (Wildman–Crippen MR) is 110 cm³/mol. The summed E-state index contributed by atoms with van der Waals surface area (Å²) in [6.45, 7) is -0.206. The molecule has 0 unspecified atom stereocenters. The third-order valence-electron chi connectivity index (χ3n) is 6.27. The van der Waals surface area contributed by atoms with Crippen LogP contribution in [-0.4, -0.2) is 45.4 Å². The van der Waals surface area contributed by atoms with Crippen molar-refractivity contribution in [3.05, 3.63) is 36.2 Å². The molecule has 6 heteroatoms. The topological polar surface area (TPSA) is 72.4 Å². The van der Waals surface area contributed by atoms with Gasteiger partial charge in [-0.05, 0) is 37.8 Å². The number of benzene rings is 1. The molecule has 2 aliphatic carbocycles. The van der Waals surface area contributed by atoms with E-state index < -0.39 is 5.97 Å². The lowest BCUT2D eigenvalue weighted by molar-refractivity contribution is -0.141. The van der Waals surface area contributed by atoms with Crippen LogP contribution in [-0.2, 0) is 9.53 Å². The van der Waals surface area contributed by atoms with Gasteiger partial charge in [0.2, 0.25) is 0 Å². The van der Waals surface area contributed by atoms with Gasteiger partial charge in [-0.25, -0.2) is 4.79 Å². The zero-order valence-corrected chi connectivity index (χ0v) is 16.9. The zero-order chi connectivity index (χ0) is 20.1. The van der Waals surface area contributed by atoms with E-state index in [0.717, 1.165) is 25.7 Å². The number of hydrogen-bond donors (Lipinski definition) is 0. The molecule has 1 heterocycles. The second-order valence-corrected chi connectivity index (χ2v) is 8.19. The van der Waals surface area contributed by atoms with Gasteiger partial charge >= 0.3 is 5.97 Å². The van der Waals surface area contributed by atoms with E-state index in [1.54, 1.807) is 30.6 Å². The lowest BCUT2D eigenvalue weighted by atomic mass is 9.88. The van der Waals surface area contributed by atoms with Crippen molar-refractivity contribution in [1.82, 2.24) is 14.9 Å². The fourth-order valence-electron chi connectivity index (χ4n) is 4.86. The Kier molecular flexibility index (Phi) is 6.37. The molecule has 1 amide bonds. The number of esters is 1. The van der Waals surface area contributed by atoms with Gasteiger partial charge in [0.15, 0.2) is 6.61 Å². The molecule has 2 aromatic rings. The number of para-hydroxylation sites is 1. The van der Waals surface area contributed by atoms with E-state index in [4.69, 9.17) is 4.74 Å². The van der Waals surface area contributed by atoms with Gasteiger partial charge in [-0.15, -0.1) is 0 Å². The van der Waals surface area contributed by atoms with Gasteiger partial charge in [-0.3, -0.25) is 14.8 Å². The summed E-state index contributed by atoms with van der Waals surface area (Å²) in [7, 11) is 0. The van der Waals surface area contributed by atoms with E-state index in [-0.39, 0.29) is 12.5 Å². The number of amides is 1. The Hall–Kier alpha value is -2.50. The average molecular weight is 396 g/mol. The lowest BCUT2D eigenvalue weighted by Gasteiger charge is -2.41. The van der Waals surface area contributed by atoms with E-state index in [1.807, 2.05) is 0 Å². The summed E-state index contributed by atoms with van der Waals surface area (Å²) in [4.78, 5) is 36.4. The van der Waals surface area contributed by atoms with Crippen molar-refractivity contribution in [3.8, 4) is 0 Å². The van der Waals surface area contributed by atoms with Crippen LogP contribution in [0.4, 0.5) is 0 Å². The smallest absolute Gasteiger partial charge is 0.340 e. The first-order chi connectivity index (χ1) is 14.2. The van der Waals surface area contributed by atoms with Crippen molar-refractivity contribution in [1.29, 1.82) is 0 Å². The molecule has 2 fully saturated rings. The molecule has 0 aliphatic heterocycles. The summed E-state index contributed by atoms with van der Waals surface area (Å²) in [5.41, 5.74) is 1.49. The molecule has 0 bridgehead atoms. The highest BCUT2D eigenvalue weighted by molar-refractivity contribution is 6.02. The molecule has 1 aromatic carbocycles. The van der Waals surface area contributed by atoms with E-state index in [0.29, 0.717) is 28.7 Å². The largest absolute Gasteiger partial charge is 0.452 e. The first-order valence-corrected chi connectivity index (χ1v) is 10.9. The molecule has 154 valence electrons. The van der Waals surface area contributed by atoms with Gasteiger partial charge in [0.1, 0.15) is 5.52 Å². The Morgan fingerprint density at radius 2 is 1.52 bits per heavy atom. The van der Waals surface area contributed by atoms with Crippen LogP contribution in [0.3, 0.4) is 0 Å². The van der Waals surface area contributed by atoms with Crippen molar-refractivity contribution < 1.29 is 14.3 Å². The van der Waals surface area contributed by atoms with Crippen LogP contribution >= 0.6 is 0 Å². The standard InChI is InChI=1S/C23H29N3O3/c27-21(26(17-8-3-1-4-9-17)18-10-5-2-6-11-18)16-29-23(28)19-12-7-13-20-22(19)25-15-14-24-20/h7,12-15,17-18H,1-6,8-11,16H2. The number of fused-ring (bicyclic) bond motifs is 1. The number of hydrogen-bond acceptors (Lipinski definition) is 5. The van der Waals surface area contributed by atoms with E-state index >= 15 is 0 Å². The summed E-state index contributed by atoms with van der Waals surface area (Å²) in [6, 6.07) is 5.82. The maximum absolute atomic E-state index is 13.2.